The van der Waals surface area contributed by atoms with E-state index in [-0.39, 0.29) is 0 Å². The van der Waals surface area contributed by atoms with Gasteiger partial charge in [-0.3, -0.25) is 0 Å². The van der Waals surface area contributed by atoms with E-state index in [2.05, 4.69) is 28.8 Å². The Balaban J connectivity index is 2.60. The molecule has 2 aromatic rings. The fourth-order valence-corrected chi connectivity index (χ4v) is 1.13. The molecule has 0 aliphatic carbocycles. The second-order valence-electron chi connectivity index (χ2n) is 3.18. The quantitative estimate of drug-likeness (QED) is 0.695. The Hall–Kier alpha value is -1.38. The van der Waals surface area contributed by atoms with Crippen molar-refractivity contribution in [3.05, 3.63) is 24.4 Å². The van der Waals surface area contributed by atoms with E-state index in [1.165, 1.54) is 0 Å². The van der Waals surface area contributed by atoms with E-state index in [4.69, 9.17) is 0 Å². The molecule has 0 unspecified atom stereocenters. The predicted molar refractivity (Wildman–Crippen MR) is 48.0 cm³/mol. The molecular weight excluding hydrogens is 150 g/mol. The third kappa shape index (κ3) is 1.07. The summed E-state index contributed by atoms with van der Waals surface area (Å²) in [4.78, 5) is 11.6. The van der Waals surface area contributed by atoms with Gasteiger partial charge in [0.05, 0.1) is 5.52 Å². The molecule has 3 heteroatoms. The lowest BCUT2D eigenvalue weighted by Gasteiger charge is -2.01. The first-order valence-corrected chi connectivity index (χ1v) is 4.07. The number of hydrogen-bond acceptors (Lipinski definition) is 2. The van der Waals surface area contributed by atoms with E-state index in [0.717, 1.165) is 16.7 Å². The molecule has 0 radical (unpaired) electrons. The molecule has 0 spiro atoms. The van der Waals surface area contributed by atoms with Gasteiger partial charge in [-0.25, -0.2) is 9.97 Å². The molecule has 3 nitrogen and oxygen atoms in total. The molecule has 0 aromatic carbocycles. The molecule has 0 saturated carbocycles. The molecule has 2 heterocycles. The van der Waals surface area contributed by atoms with Crippen molar-refractivity contribution in [3.8, 4) is 0 Å². The summed E-state index contributed by atoms with van der Waals surface area (Å²) >= 11 is 0. The molecular formula is C9H11N3. The zero-order valence-corrected chi connectivity index (χ0v) is 7.20. The highest BCUT2D eigenvalue weighted by Crippen LogP contribution is 2.13. The van der Waals surface area contributed by atoms with Gasteiger partial charge in [-0.05, 0) is 0 Å². The Morgan fingerprint density at radius 3 is 2.92 bits per heavy atom. The fraction of sp³-hybridized carbons (Fsp3) is 0.333. The van der Waals surface area contributed by atoms with Crippen molar-refractivity contribution in [1.82, 2.24) is 15.0 Å². The average Bonchev–Trinajstić information content (AvgIpc) is 2.49. The van der Waals surface area contributed by atoms with Gasteiger partial charge in [0.1, 0.15) is 5.82 Å². The zero-order valence-electron chi connectivity index (χ0n) is 7.20. The average molecular weight is 161 g/mol. The minimum absolute atomic E-state index is 0.393. The van der Waals surface area contributed by atoms with Crippen molar-refractivity contribution in [2.45, 2.75) is 19.8 Å². The van der Waals surface area contributed by atoms with E-state index >= 15 is 0 Å². The minimum atomic E-state index is 0.393. The maximum absolute atomic E-state index is 4.39. The number of rotatable bonds is 1. The summed E-state index contributed by atoms with van der Waals surface area (Å²) < 4.78 is 0. The van der Waals surface area contributed by atoms with Crippen LogP contribution in [0.1, 0.15) is 25.6 Å². The van der Waals surface area contributed by atoms with Crippen LogP contribution in [0.15, 0.2) is 18.6 Å². The van der Waals surface area contributed by atoms with Crippen molar-refractivity contribution >= 4 is 10.9 Å². The van der Waals surface area contributed by atoms with Crippen molar-refractivity contribution in [3.63, 3.8) is 0 Å². The number of nitrogens with one attached hydrogen (secondary N) is 1. The van der Waals surface area contributed by atoms with Crippen LogP contribution in [0.3, 0.4) is 0 Å². The van der Waals surface area contributed by atoms with E-state index in [1.807, 2.05) is 18.6 Å². The molecule has 12 heavy (non-hydrogen) atoms. The van der Waals surface area contributed by atoms with Gasteiger partial charge in [0.15, 0.2) is 0 Å². The smallest absolute Gasteiger partial charge is 0.131 e. The second-order valence-corrected chi connectivity index (χ2v) is 3.18. The van der Waals surface area contributed by atoms with Gasteiger partial charge < -0.3 is 4.98 Å². The topological polar surface area (TPSA) is 41.6 Å². The van der Waals surface area contributed by atoms with Crippen molar-refractivity contribution in [2.75, 3.05) is 0 Å². The van der Waals surface area contributed by atoms with Crippen molar-refractivity contribution in [1.29, 1.82) is 0 Å². The van der Waals surface area contributed by atoms with Gasteiger partial charge >= 0.3 is 0 Å². The molecule has 0 fully saturated rings. The maximum atomic E-state index is 4.39. The van der Waals surface area contributed by atoms with Crippen LogP contribution in [0.2, 0.25) is 0 Å². The molecule has 0 aliphatic rings. The summed E-state index contributed by atoms with van der Waals surface area (Å²) in [6.07, 6.45) is 5.65. The van der Waals surface area contributed by atoms with Crippen molar-refractivity contribution in [2.24, 2.45) is 0 Å². The number of aromatic amines is 1. The Labute approximate surface area is 70.9 Å². The van der Waals surface area contributed by atoms with Crippen LogP contribution in [-0.4, -0.2) is 15.0 Å². The third-order valence-electron chi connectivity index (χ3n) is 1.84. The van der Waals surface area contributed by atoms with Crippen molar-refractivity contribution < 1.29 is 0 Å². The first kappa shape index (κ1) is 7.28. The highest BCUT2D eigenvalue weighted by molar-refractivity contribution is 5.76. The molecule has 0 bridgehead atoms. The zero-order chi connectivity index (χ0) is 8.55. The molecule has 0 saturated heterocycles. The molecule has 1 N–H and O–H groups in total. The van der Waals surface area contributed by atoms with Gasteiger partial charge in [0.25, 0.3) is 0 Å². The van der Waals surface area contributed by atoms with Crippen LogP contribution in [0, 0.1) is 0 Å². The summed E-state index contributed by atoms with van der Waals surface area (Å²) in [5.41, 5.74) is 0.994. The lowest BCUT2D eigenvalue weighted by molar-refractivity contribution is 0.783. The van der Waals surface area contributed by atoms with E-state index in [0.29, 0.717) is 5.92 Å². The summed E-state index contributed by atoms with van der Waals surface area (Å²) in [6.45, 7) is 4.18. The van der Waals surface area contributed by atoms with E-state index < -0.39 is 0 Å². The highest BCUT2D eigenvalue weighted by Gasteiger charge is 2.03. The molecule has 0 amide bonds. The van der Waals surface area contributed by atoms with Crippen LogP contribution in [0.4, 0.5) is 0 Å². The Kier molecular flexibility index (Phi) is 1.57. The summed E-state index contributed by atoms with van der Waals surface area (Å²) in [5, 5.41) is 1.07. The largest absolute Gasteiger partial charge is 0.365 e. The molecule has 2 aromatic heterocycles. The minimum Gasteiger partial charge on any atom is -0.365 e. The van der Waals surface area contributed by atoms with Crippen LogP contribution in [0.25, 0.3) is 10.9 Å². The SMILES string of the molecule is CC(C)c1ncc2c[nH]cc2n1. The van der Waals surface area contributed by atoms with Gasteiger partial charge in [-0.1, -0.05) is 13.8 Å². The van der Waals surface area contributed by atoms with Gasteiger partial charge in [-0.2, -0.15) is 0 Å². The first-order chi connectivity index (χ1) is 5.77. The Bertz CT molecular complexity index is 389. The lowest BCUT2D eigenvalue weighted by atomic mass is 10.2. The number of fused-ring (bicyclic) bond motifs is 1. The van der Waals surface area contributed by atoms with E-state index in [9.17, 15) is 0 Å². The number of aromatic nitrogens is 3. The summed E-state index contributed by atoms with van der Waals surface area (Å²) in [7, 11) is 0. The van der Waals surface area contributed by atoms with E-state index in [1.54, 1.807) is 0 Å². The molecule has 0 atom stereocenters. The Morgan fingerprint density at radius 1 is 1.33 bits per heavy atom. The molecule has 0 aliphatic heterocycles. The Morgan fingerprint density at radius 2 is 2.17 bits per heavy atom. The summed E-state index contributed by atoms with van der Waals surface area (Å²) in [5.74, 6) is 1.30. The van der Waals surface area contributed by atoms with Crippen LogP contribution < -0.4 is 0 Å². The van der Waals surface area contributed by atoms with Gasteiger partial charge in [0.2, 0.25) is 0 Å². The number of H-pyrrole nitrogens is 1. The summed E-state index contributed by atoms with van der Waals surface area (Å²) in [6, 6.07) is 0. The van der Waals surface area contributed by atoms with Crippen LogP contribution in [-0.2, 0) is 0 Å². The van der Waals surface area contributed by atoms with Crippen LogP contribution in [0.5, 0.6) is 0 Å². The highest BCUT2D eigenvalue weighted by atomic mass is 14.9. The predicted octanol–water partition coefficient (Wildman–Crippen LogP) is 2.08. The lowest BCUT2D eigenvalue weighted by Crippen LogP contribution is -1.95. The van der Waals surface area contributed by atoms with Gasteiger partial charge in [-0.15, -0.1) is 0 Å². The standard InChI is InChI=1S/C9H11N3/c1-6(2)9-11-4-7-3-10-5-8(7)12-9/h3-6,10H,1-2H3. The normalized spacial score (nSPS) is 11.2. The molecule has 2 rings (SSSR count). The fourth-order valence-electron chi connectivity index (χ4n) is 1.13. The second kappa shape index (κ2) is 2.59. The molecule has 62 valence electrons. The monoisotopic (exact) mass is 161 g/mol. The van der Waals surface area contributed by atoms with Crippen LogP contribution >= 0.6 is 0 Å². The first-order valence-electron chi connectivity index (χ1n) is 4.07. The maximum Gasteiger partial charge on any atom is 0.131 e. The third-order valence-corrected chi connectivity index (χ3v) is 1.84. The number of hydrogen-bond donors (Lipinski definition) is 1. The number of nitrogens with zero attached hydrogens (tertiary/aromatic N) is 2. The van der Waals surface area contributed by atoms with Gasteiger partial charge in [0, 0.05) is 29.9 Å².